The quantitative estimate of drug-likeness (QED) is 0.896. The molecular formula is C13H17N3S. The highest BCUT2D eigenvalue weighted by molar-refractivity contribution is 7.09. The highest BCUT2D eigenvalue weighted by Crippen LogP contribution is 2.26. The summed E-state index contributed by atoms with van der Waals surface area (Å²) in [4.78, 5) is 4.35. The molecule has 0 aliphatic rings. The second-order valence-corrected chi connectivity index (χ2v) is 5.18. The van der Waals surface area contributed by atoms with Crippen molar-refractivity contribution in [2.75, 3.05) is 5.32 Å². The van der Waals surface area contributed by atoms with E-state index in [2.05, 4.69) is 52.8 Å². The number of hydrogen-bond acceptors (Lipinski definition) is 4. The Bertz CT molecular complexity index is 465. The lowest BCUT2D eigenvalue weighted by molar-refractivity contribution is 0.546. The fourth-order valence-electron chi connectivity index (χ4n) is 1.78. The normalized spacial score (nSPS) is 12.7. The summed E-state index contributed by atoms with van der Waals surface area (Å²) in [6, 6.07) is 10.7. The maximum absolute atomic E-state index is 4.35. The number of aryl methyl sites for hydroxylation is 1. The van der Waals surface area contributed by atoms with Crippen LogP contribution in [0.5, 0.6) is 0 Å². The van der Waals surface area contributed by atoms with E-state index in [9.17, 15) is 0 Å². The predicted molar refractivity (Wildman–Crippen MR) is 72.3 cm³/mol. The molecule has 2 aromatic rings. The Morgan fingerprint density at radius 2 is 1.88 bits per heavy atom. The minimum Gasteiger partial charge on any atom is -0.353 e. The standard InChI is InChI=1S/C13H17N3S/c1-9(2)12(11-7-5-4-6-8-11)15-13-14-10(3)16-17-13/h4-9,12H,1-3H3,(H,14,15,16). The summed E-state index contributed by atoms with van der Waals surface area (Å²) in [7, 11) is 0. The Morgan fingerprint density at radius 3 is 2.41 bits per heavy atom. The molecule has 1 unspecified atom stereocenters. The number of rotatable bonds is 4. The molecule has 3 nitrogen and oxygen atoms in total. The summed E-state index contributed by atoms with van der Waals surface area (Å²) in [5, 5.41) is 4.35. The fraction of sp³-hybridized carbons (Fsp3) is 0.385. The lowest BCUT2D eigenvalue weighted by Crippen LogP contribution is -2.16. The van der Waals surface area contributed by atoms with E-state index in [1.165, 1.54) is 17.1 Å². The number of benzene rings is 1. The molecule has 1 aromatic heterocycles. The van der Waals surface area contributed by atoms with Crippen molar-refractivity contribution < 1.29 is 0 Å². The predicted octanol–water partition coefficient (Wildman–Crippen LogP) is 3.66. The number of nitrogens with zero attached hydrogens (tertiary/aromatic N) is 2. The van der Waals surface area contributed by atoms with Crippen LogP contribution >= 0.6 is 11.5 Å². The molecule has 1 heterocycles. The Morgan fingerprint density at radius 1 is 1.18 bits per heavy atom. The summed E-state index contributed by atoms with van der Waals surface area (Å²) in [5.74, 6) is 1.33. The van der Waals surface area contributed by atoms with Crippen LogP contribution in [0.2, 0.25) is 0 Å². The average molecular weight is 247 g/mol. The van der Waals surface area contributed by atoms with Crippen LogP contribution in [0.25, 0.3) is 0 Å². The van der Waals surface area contributed by atoms with Crippen molar-refractivity contribution in [3.8, 4) is 0 Å². The molecule has 0 bridgehead atoms. The zero-order valence-electron chi connectivity index (χ0n) is 10.3. The van der Waals surface area contributed by atoms with E-state index < -0.39 is 0 Å². The van der Waals surface area contributed by atoms with Gasteiger partial charge in [-0.15, -0.1) is 0 Å². The summed E-state index contributed by atoms with van der Waals surface area (Å²) in [6.45, 7) is 6.33. The summed E-state index contributed by atoms with van der Waals surface area (Å²) in [6.07, 6.45) is 0. The average Bonchev–Trinajstić information content (AvgIpc) is 2.73. The van der Waals surface area contributed by atoms with Crippen molar-refractivity contribution in [1.29, 1.82) is 0 Å². The van der Waals surface area contributed by atoms with E-state index in [1.807, 2.05) is 13.0 Å². The van der Waals surface area contributed by atoms with Gasteiger partial charge in [-0.1, -0.05) is 44.2 Å². The molecule has 0 amide bonds. The molecule has 0 aliphatic heterocycles. The molecule has 2 rings (SSSR count). The van der Waals surface area contributed by atoms with E-state index in [1.54, 1.807) is 0 Å². The van der Waals surface area contributed by atoms with Crippen LogP contribution in [-0.2, 0) is 0 Å². The van der Waals surface area contributed by atoms with Crippen molar-refractivity contribution >= 4 is 16.7 Å². The van der Waals surface area contributed by atoms with Gasteiger partial charge in [-0.05, 0) is 18.4 Å². The lowest BCUT2D eigenvalue weighted by atomic mass is 9.96. The second kappa shape index (κ2) is 5.27. The van der Waals surface area contributed by atoms with Gasteiger partial charge in [-0.25, -0.2) is 4.98 Å². The van der Waals surface area contributed by atoms with Crippen molar-refractivity contribution in [2.45, 2.75) is 26.8 Å². The SMILES string of the molecule is Cc1nsc(NC(c2ccccc2)C(C)C)n1. The van der Waals surface area contributed by atoms with E-state index in [0.29, 0.717) is 5.92 Å². The van der Waals surface area contributed by atoms with E-state index in [4.69, 9.17) is 0 Å². The first-order valence-electron chi connectivity index (χ1n) is 5.78. The van der Waals surface area contributed by atoms with Crippen LogP contribution < -0.4 is 5.32 Å². The highest BCUT2D eigenvalue weighted by atomic mass is 32.1. The van der Waals surface area contributed by atoms with Crippen molar-refractivity contribution in [3.63, 3.8) is 0 Å². The van der Waals surface area contributed by atoms with Crippen LogP contribution in [0.4, 0.5) is 5.13 Å². The van der Waals surface area contributed by atoms with Gasteiger partial charge in [0.2, 0.25) is 5.13 Å². The minimum atomic E-state index is 0.281. The largest absolute Gasteiger partial charge is 0.353 e. The molecule has 1 atom stereocenters. The molecule has 0 saturated carbocycles. The van der Waals surface area contributed by atoms with Gasteiger partial charge < -0.3 is 5.32 Å². The van der Waals surface area contributed by atoms with Crippen molar-refractivity contribution in [1.82, 2.24) is 9.36 Å². The van der Waals surface area contributed by atoms with Gasteiger partial charge in [0, 0.05) is 11.5 Å². The number of aromatic nitrogens is 2. The molecule has 0 saturated heterocycles. The molecule has 0 spiro atoms. The molecule has 0 fully saturated rings. The zero-order valence-corrected chi connectivity index (χ0v) is 11.2. The molecule has 1 aromatic carbocycles. The van der Waals surface area contributed by atoms with Gasteiger partial charge in [0.15, 0.2) is 0 Å². The monoisotopic (exact) mass is 247 g/mol. The molecule has 4 heteroatoms. The maximum atomic E-state index is 4.35. The third kappa shape index (κ3) is 3.03. The van der Waals surface area contributed by atoms with Crippen LogP contribution in [-0.4, -0.2) is 9.36 Å². The van der Waals surface area contributed by atoms with E-state index >= 15 is 0 Å². The Kier molecular flexibility index (Phi) is 3.74. The van der Waals surface area contributed by atoms with Gasteiger partial charge in [0.25, 0.3) is 0 Å². The second-order valence-electron chi connectivity index (χ2n) is 4.42. The summed E-state index contributed by atoms with van der Waals surface area (Å²) in [5.41, 5.74) is 1.29. The van der Waals surface area contributed by atoms with Gasteiger partial charge >= 0.3 is 0 Å². The molecule has 17 heavy (non-hydrogen) atoms. The topological polar surface area (TPSA) is 37.8 Å². The number of anilines is 1. The molecule has 0 aliphatic carbocycles. The van der Waals surface area contributed by atoms with Gasteiger partial charge in [-0.3, -0.25) is 0 Å². The molecule has 0 radical (unpaired) electrons. The van der Waals surface area contributed by atoms with Crippen LogP contribution in [0.1, 0.15) is 31.3 Å². The first-order chi connectivity index (χ1) is 8.16. The third-order valence-electron chi connectivity index (χ3n) is 2.63. The lowest BCUT2D eigenvalue weighted by Gasteiger charge is -2.22. The van der Waals surface area contributed by atoms with Crippen LogP contribution in [0.3, 0.4) is 0 Å². The third-order valence-corrected chi connectivity index (χ3v) is 3.37. The van der Waals surface area contributed by atoms with Gasteiger partial charge in [0.1, 0.15) is 5.82 Å². The summed E-state index contributed by atoms with van der Waals surface area (Å²) >= 11 is 1.42. The Balaban J connectivity index is 2.19. The first kappa shape index (κ1) is 12.0. The Labute approximate surface area is 106 Å². The summed E-state index contributed by atoms with van der Waals surface area (Å²) < 4.78 is 4.19. The smallest absolute Gasteiger partial charge is 0.203 e. The fourth-order valence-corrected chi connectivity index (χ4v) is 2.40. The number of hydrogen-bond donors (Lipinski definition) is 1. The van der Waals surface area contributed by atoms with Gasteiger partial charge in [0.05, 0.1) is 6.04 Å². The van der Waals surface area contributed by atoms with Gasteiger partial charge in [-0.2, -0.15) is 4.37 Å². The highest BCUT2D eigenvalue weighted by Gasteiger charge is 2.16. The van der Waals surface area contributed by atoms with E-state index in [-0.39, 0.29) is 6.04 Å². The maximum Gasteiger partial charge on any atom is 0.203 e. The van der Waals surface area contributed by atoms with Crippen LogP contribution in [0.15, 0.2) is 30.3 Å². The minimum absolute atomic E-state index is 0.281. The zero-order chi connectivity index (χ0) is 12.3. The molecule has 90 valence electrons. The van der Waals surface area contributed by atoms with Crippen molar-refractivity contribution in [3.05, 3.63) is 41.7 Å². The molecule has 1 N–H and O–H groups in total. The van der Waals surface area contributed by atoms with Crippen molar-refractivity contribution in [2.24, 2.45) is 5.92 Å². The van der Waals surface area contributed by atoms with E-state index in [0.717, 1.165) is 11.0 Å². The first-order valence-corrected chi connectivity index (χ1v) is 6.56. The Hall–Kier alpha value is -1.42. The number of nitrogens with one attached hydrogen (secondary N) is 1. The molecular weight excluding hydrogens is 230 g/mol. The van der Waals surface area contributed by atoms with Crippen LogP contribution in [0, 0.1) is 12.8 Å².